The van der Waals surface area contributed by atoms with Crippen LogP contribution in [-0.4, -0.2) is 6.61 Å². The van der Waals surface area contributed by atoms with Gasteiger partial charge in [-0.2, -0.15) is 0 Å². The first-order valence-corrected chi connectivity index (χ1v) is 5.77. The van der Waals surface area contributed by atoms with E-state index in [0.29, 0.717) is 0 Å². The zero-order valence-corrected chi connectivity index (χ0v) is 9.33. The third-order valence-corrected chi connectivity index (χ3v) is 2.96. The standard InChI is InChI=1S/C13H19NO/c1-2-3-9-15-12-6-4-5-11(10-12)13(14)7-8-13/h4-6,10H,2-3,7-9,14H2,1H3. The van der Waals surface area contributed by atoms with Crippen LogP contribution < -0.4 is 10.5 Å². The van der Waals surface area contributed by atoms with Gasteiger partial charge in [0.05, 0.1) is 6.61 Å². The van der Waals surface area contributed by atoms with Gasteiger partial charge in [0.1, 0.15) is 5.75 Å². The first kappa shape index (κ1) is 10.5. The highest BCUT2D eigenvalue weighted by Gasteiger charge is 2.39. The quantitative estimate of drug-likeness (QED) is 0.750. The van der Waals surface area contributed by atoms with Gasteiger partial charge in [0, 0.05) is 5.54 Å². The Hall–Kier alpha value is -1.02. The smallest absolute Gasteiger partial charge is 0.119 e. The molecule has 82 valence electrons. The maximum Gasteiger partial charge on any atom is 0.119 e. The summed E-state index contributed by atoms with van der Waals surface area (Å²) >= 11 is 0. The molecule has 0 unspecified atom stereocenters. The van der Waals surface area contributed by atoms with E-state index in [2.05, 4.69) is 19.1 Å². The van der Waals surface area contributed by atoms with Crippen LogP contribution in [0.25, 0.3) is 0 Å². The van der Waals surface area contributed by atoms with Gasteiger partial charge in [-0.25, -0.2) is 0 Å². The van der Waals surface area contributed by atoms with Crippen LogP contribution in [0, 0.1) is 0 Å². The van der Waals surface area contributed by atoms with E-state index in [1.807, 2.05) is 12.1 Å². The highest BCUT2D eigenvalue weighted by Crippen LogP contribution is 2.43. The number of hydrogen-bond acceptors (Lipinski definition) is 2. The van der Waals surface area contributed by atoms with E-state index in [4.69, 9.17) is 10.5 Å². The molecule has 1 aromatic carbocycles. The number of ether oxygens (including phenoxy) is 1. The zero-order valence-electron chi connectivity index (χ0n) is 9.33. The van der Waals surface area contributed by atoms with Crippen molar-refractivity contribution in [3.63, 3.8) is 0 Å². The third-order valence-electron chi connectivity index (χ3n) is 2.96. The van der Waals surface area contributed by atoms with Crippen molar-refractivity contribution in [3.05, 3.63) is 29.8 Å². The molecule has 0 bridgehead atoms. The van der Waals surface area contributed by atoms with Crippen LogP contribution in [0.3, 0.4) is 0 Å². The van der Waals surface area contributed by atoms with E-state index in [1.54, 1.807) is 0 Å². The molecule has 1 aliphatic carbocycles. The molecule has 0 saturated heterocycles. The van der Waals surface area contributed by atoms with Crippen LogP contribution in [0.5, 0.6) is 5.75 Å². The van der Waals surface area contributed by atoms with Crippen LogP contribution in [0.15, 0.2) is 24.3 Å². The highest BCUT2D eigenvalue weighted by molar-refractivity contribution is 5.36. The zero-order chi connectivity index (χ0) is 10.7. The van der Waals surface area contributed by atoms with Crippen molar-refractivity contribution in [3.8, 4) is 5.75 Å². The summed E-state index contributed by atoms with van der Waals surface area (Å²) in [6.45, 7) is 2.97. The number of nitrogens with two attached hydrogens (primary N) is 1. The van der Waals surface area contributed by atoms with Gasteiger partial charge in [-0.15, -0.1) is 0 Å². The van der Waals surface area contributed by atoms with Gasteiger partial charge in [-0.1, -0.05) is 25.5 Å². The molecule has 2 heteroatoms. The Balaban J connectivity index is 2.00. The third kappa shape index (κ3) is 2.51. The van der Waals surface area contributed by atoms with E-state index in [9.17, 15) is 0 Å². The predicted molar refractivity (Wildman–Crippen MR) is 61.9 cm³/mol. The van der Waals surface area contributed by atoms with Crippen molar-refractivity contribution >= 4 is 0 Å². The largest absolute Gasteiger partial charge is 0.494 e. The summed E-state index contributed by atoms with van der Waals surface area (Å²) in [6, 6.07) is 8.22. The minimum Gasteiger partial charge on any atom is -0.494 e. The summed E-state index contributed by atoms with van der Waals surface area (Å²) < 4.78 is 5.65. The molecule has 2 N–H and O–H groups in total. The van der Waals surface area contributed by atoms with E-state index in [-0.39, 0.29) is 5.54 Å². The first-order chi connectivity index (χ1) is 7.24. The van der Waals surface area contributed by atoms with Crippen LogP contribution >= 0.6 is 0 Å². The summed E-state index contributed by atoms with van der Waals surface area (Å²) in [5.74, 6) is 0.956. The average Bonchev–Trinajstić information content (AvgIpc) is 2.99. The van der Waals surface area contributed by atoms with E-state index < -0.39 is 0 Å². The molecule has 15 heavy (non-hydrogen) atoms. The van der Waals surface area contributed by atoms with Crippen LogP contribution in [0.4, 0.5) is 0 Å². The number of unbranched alkanes of at least 4 members (excludes halogenated alkanes) is 1. The summed E-state index contributed by atoms with van der Waals surface area (Å²) in [5, 5.41) is 0. The van der Waals surface area contributed by atoms with E-state index >= 15 is 0 Å². The van der Waals surface area contributed by atoms with Crippen molar-refractivity contribution in [1.29, 1.82) is 0 Å². The Bertz CT molecular complexity index is 331. The highest BCUT2D eigenvalue weighted by atomic mass is 16.5. The van der Waals surface area contributed by atoms with Crippen LogP contribution in [0.1, 0.15) is 38.2 Å². The van der Waals surface area contributed by atoms with Gasteiger partial charge in [0.25, 0.3) is 0 Å². The molecule has 0 spiro atoms. The molecule has 0 aromatic heterocycles. The Labute approximate surface area is 91.4 Å². The fraction of sp³-hybridized carbons (Fsp3) is 0.538. The van der Waals surface area contributed by atoms with Gasteiger partial charge >= 0.3 is 0 Å². The Kier molecular flexibility index (Phi) is 2.96. The summed E-state index contributed by atoms with van der Waals surface area (Å²) in [4.78, 5) is 0. The predicted octanol–water partition coefficient (Wildman–Crippen LogP) is 2.81. The van der Waals surface area contributed by atoms with Crippen LogP contribution in [0.2, 0.25) is 0 Å². The minimum absolute atomic E-state index is 0.0515. The maximum absolute atomic E-state index is 6.14. The molecule has 0 heterocycles. The van der Waals surface area contributed by atoms with Gasteiger partial charge in [0.2, 0.25) is 0 Å². The molecular formula is C13H19NO. The maximum atomic E-state index is 6.14. The second-order valence-corrected chi connectivity index (χ2v) is 4.39. The van der Waals surface area contributed by atoms with E-state index in [0.717, 1.165) is 31.6 Å². The molecular weight excluding hydrogens is 186 g/mol. The molecule has 2 nitrogen and oxygen atoms in total. The summed E-state index contributed by atoms with van der Waals surface area (Å²) in [7, 11) is 0. The molecule has 0 aliphatic heterocycles. The molecule has 1 saturated carbocycles. The van der Waals surface area contributed by atoms with Crippen molar-refractivity contribution in [2.45, 2.75) is 38.1 Å². The van der Waals surface area contributed by atoms with Crippen molar-refractivity contribution in [2.75, 3.05) is 6.61 Å². The fourth-order valence-corrected chi connectivity index (χ4v) is 1.65. The molecule has 1 aliphatic rings. The molecule has 2 rings (SSSR count). The average molecular weight is 205 g/mol. The van der Waals surface area contributed by atoms with Crippen molar-refractivity contribution in [2.24, 2.45) is 5.73 Å². The first-order valence-electron chi connectivity index (χ1n) is 5.77. The molecule has 0 atom stereocenters. The fourth-order valence-electron chi connectivity index (χ4n) is 1.65. The monoisotopic (exact) mass is 205 g/mol. The Morgan fingerprint density at radius 2 is 2.20 bits per heavy atom. The lowest BCUT2D eigenvalue weighted by molar-refractivity contribution is 0.309. The van der Waals surface area contributed by atoms with E-state index in [1.165, 1.54) is 12.0 Å². The number of hydrogen-bond donors (Lipinski definition) is 1. The summed E-state index contributed by atoms with van der Waals surface area (Å²) in [6.07, 6.45) is 4.48. The topological polar surface area (TPSA) is 35.2 Å². The normalized spacial score (nSPS) is 17.5. The lowest BCUT2D eigenvalue weighted by atomic mass is 10.1. The number of benzene rings is 1. The summed E-state index contributed by atoms with van der Waals surface area (Å²) in [5.41, 5.74) is 7.30. The SMILES string of the molecule is CCCCOc1cccc(C2(N)CC2)c1. The van der Waals surface area contributed by atoms with Gasteiger partial charge in [-0.3, -0.25) is 0 Å². The van der Waals surface area contributed by atoms with Gasteiger partial charge in [0.15, 0.2) is 0 Å². The lowest BCUT2D eigenvalue weighted by Crippen LogP contribution is -2.18. The molecule has 1 fully saturated rings. The van der Waals surface area contributed by atoms with Crippen molar-refractivity contribution < 1.29 is 4.74 Å². The van der Waals surface area contributed by atoms with Crippen LogP contribution in [-0.2, 0) is 5.54 Å². The second kappa shape index (κ2) is 4.23. The second-order valence-electron chi connectivity index (χ2n) is 4.39. The van der Waals surface area contributed by atoms with Crippen molar-refractivity contribution in [1.82, 2.24) is 0 Å². The van der Waals surface area contributed by atoms with Gasteiger partial charge in [-0.05, 0) is 37.0 Å². The molecule has 0 amide bonds. The molecule has 1 aromatic rings. The number of rotatable bonds is 5. The lowest BCUT2D eigenvalue weighted by Gasteiger charge is -2.11. The molecule has 0 radical (unpaired) electrons. The minimum atomic E-state index is -0.0515. The Morgan fingerprint density at radius 1 is 1.40 bits per heavy atom. The Morgan fingerprint density at radius 3 is 2.87 bits per heavy atom. The van der Waals surface area contributed by atoms with Gasteiger partial charge < -0.3 is 10.5 Å².